The predicted molar refractivity (Wildman–Crippen MR) is 62.9 cm³/mol. The number of pyridine rings is 2. The molecule has 0 unspecified atom stereocenters. The van der Waals surface area contributed by atoms with Gasteiger partial charge in [-0.3, -0.25) is 14.8 Å². The monoisotopic (exact) mass is 243 g/mol. The van der Waals surface area contributed by atoms with Gasteiger partial charge < -0.3 is 10.8 Å². The summed E-state index contributed by atoms with van der Waals surface area (Å²) in [4.78, 5) is 29.9. The van der Waals surface area contributed by atoms with Crippen LogP contribution in [0.5, 0.6) is 0 Å². The van der Waals surface area contributed by atoms with Gasteiger partial charge in [0.1, 0.15) is 0 Å². The van der Waals surface area contributed by atoms with E-state index in [1.807, 2.05) is 0 Å². The van der Waals surface area contributed by atoms with E-state index in [0.717, 1.165) is 0 Å². The molecule has 0 saturated carbocycles. The Hall–Kier alpha value is -2.76. The maximum atomic E-state index is 11.0. The van der Waals surface area contributed by atoms with Crippen LogP contribution in [0.1, 0.15) is 20.7 Å². The zero-order valence-corrected chi connectivity index (χ0v) is 9.20. The number of aromatic nitrogens is 2. The highest BCUT2D eigenvalue weighted by molar-refractivity contribution is 5.94. The largest absolute Gasteiger partial charge is 0.478 e. The van der Waals surface area contributed by atoms with Crippen LogP contribution >= 0.6 is 0 Å². The lowest BCUT2D eigenvalue weighted by Gasteiger charge is -2.02. The third kappa shape index (κ3) is 2.32. The lowest BCUT2D eigenvalue weighted by atomic mass is 10.1. The fourth-order valence-electron chi connectivity index (χ4n) is 1.43. The first-order chi connectivity index (χ1) is 8.58. The highest BCUT2D eigenvalue weighted by Gasteiger charge is 2.08. The van der Waals surface area contributed by atoms with Crippen molar-refractivity contribution in [3.8, 4) is 11.4 Å². The van der Waals surface area contributed by atoms with Crippen molar-refractivity contribution in [3.05, 3.63) is 47.8 Å². The Morgan fingerprint density at radius 2 is 1.50 bits per heavy atom. The van der Waals surface area contributed by atoms with Crippen LogP contribution in [0, 0.1) is 0 Å². The van der Waals surface area contributed by atoms with E-state index in [-0.39, 0.29) is 5.56 Å². The van der Waals surface area contributed by atoms with Crippen molar-refractivity contribution in [3.63, 3.8) is 0 Å². The summed E-state index contributed by atoms with van der Waals surface area (Å²) < 4.78 is 0. The Bertz CT molecular complexity index is 570. The van der Waals surface area contributed by atoms with Crippen molar-refractivity contribution < 1.29 is 14.7 Å². The quantitative estimate of drug-likeness (QED) is 0.834. The normalized spacial score (nSPS) is 10.0. The number of nitrogens with two attached hydrogens (primary N) is 1. The van der Waals surface area contributed by atoms with Crippen LogP contribution in [-0.2, 0) is 0 Å². The summed E-state index contributed by atoms with van der Waals surface area (Å²) >= 11 is 0. The molecule has 3 N–H and O–H groups in total. The van der Waals surface area contributed by atoms with Crippen LogP contribution in [-0.4, -0.2) is 27.0 Å². The number of carboxylic acid groups (broad SMARTS) is 1. The van der Waals surface area contributed by atoms with Crippen LogP contribution in [0.3, 0.4) is 0 Å². The molecule has 0 aliphatic heterocycles. The fraction of sp³-hybridized carbons (Fsp3) is 0. The molecular formula is C12H9N3O3. The van der Waals surface area contributed by atoms with Gasteiger partial charge in [-0.15, -0.1) is 0 Å². The van der Waals surface area contributed by atoms with Crippen molar-refractivity contribution in [1.82, 2.24) is 9.97 Å². The molecule has 2 aromatic heterocycles. The lowest BCUT2D eigenvalue weighted by molar-refractivity contribution is 0.0696. The van der Waals surface area contributed by atoms with Crippen LogP contribution < -0.4 is 5.73 Å². The number of primary amides is 1. The van der Waals surface area contributed by atoms with E-state index in [9.17, 15) is 9.59 Å². The molecule has 0 aromatic carbocycles. The molecular weight excluding hydrogens is 234 g/mol. The molecule has 90 valence electrons. The van der Waals surface area contributed by atoms with Gasteiger partial charge in [0.25, 0.3) is 0 Å². The summed E-state index contributed by atoms with van der Waals surface area (Å²) in [5.74, 6) is -1.63. The minimum absolute atomic E-state index is 0.103. The van der Waals surface area contributed by atoms with E-state index in [4.69, 9.17) is 10.8 Å². The van der Waals surface area contributed by atoms with Crippen molar-refractivity contribution in [2.45, 2.75) is 0 Å². The summed E-state index contributed by atoms with van der Waals surface area (Å²) in [5, 5.41) is 8.88. The molecule has 0 radical (unpaired) electrons. The Balaban J connectivity index is 2.48. The maximum absolute atomic E-state index is 11.0. The molecule has 0 fully saturated rings. The number of hydrogen-bond donors (Lipinski definition) is 2. The van der Waals surface area contributed by atoms with Gasteiger partial charge in [0.05, 0.1) is 17.0 Å². The molecule has 2 heterocycles. The average molecular weight is 243 g/mol. The minimum Gasteiger partial charge on any atom is -0.478 e. The first kappa shape index (κ1) is 11.7. The van der Waals surface area contributed by atoms with Gasteiger partial charge in [0, 0.05) is 18.0 Å². The summed E-state index contributed by atoms with van der Waals surface area (Å²) in [6.07, 6.45) is 2.79. The SMILES string of the molecule is NC(=O)c1ccnc(-c2cc(C(=O)O)ccn2)c1. The molecule has 1 amide bonds. The van der Waals surface area contributed by atoms with E-state index in [1.165, 1.54) is 36.7 Å². The number of carbonyl (C=O) groups excluding carboxylic acids is 1. The lowest BCUT2D eigenvalue weighted by Crippen LogP contribution is -2.11. The number of carboxylic acids is 1. The maximum Gasteiger partial charge on any atom is 0.335 e. The van der Waals surface area contributed by atoms with Crippen LogP contribution in [0.4, 0.5) is 0 Å². The highest BCUT2D eigenvalue weighted by atomic mass is 16.4. The zero-order chi connectivity index (χ0) is 13.1. The van der Waals surface area contributed by atoms with E-state index in [0.29, 0.717) is 17.0 Å². The molecule has 2 rings (SSSR count). The summed E-state index contributed by atoms with van der Waals surface area (Å²) in [6, 6.07) is 5.71. The molecule has 0 saturated heterocycles. The van der Waals surface area contributed by atoms with Gasteiger partial charge in [-0.1, -0.05) is 0 Å². The predicted octanol–water partition coefficient (Wildman–Crippen LogP) is 0.941. The number of nitrogens with zero attached hydrogens (tertiary/aromatic N) is 2. The molecule has 0 aliphatic carbocycles. The summed E-state index contributed by atoms with van der Waals surface area (Å²) in [6.45, 7) is 0. The van der Waals surface area contributed by atoms with Crippen molar-refractivity contribution in [2.24, 2.45) is 5.73 Å². The standard InChI is InChI=1S/C12H9N3O3/c13-11(16)7-1-3-14-9(5-7)10-6-8(12(17)18)2-4-15-10/h1-6H,(H2,13,16)(H,17,18). The Labute approximate surface area is 102 Å². The smallest absolute Gasteiger partial charge is 0.335 e. The van der Waals surface area contributed by atoms with E-state index in [2.05, 4.69) is 9.97 Å². The second-order valence-corrected chi connectivity index (χ2v) is 3.53. The molecule has 0 aliphatic rings. The second-order valence-electron chi connectivity index (χ2n) is 3.53. The number of aromatic carboxylic acids is 1. The third-order valence-electron chi connectivity index (χ3n) is 2.31. The molecule has 0 bridgehead atoms. The highest BCUT2D eigenvalue weighted by Crippen LogP contribution is 2.16. The zero-order valence-electron chi connectivity index (χ0n) is 9.20. The minimum atomic E-state index is -1.05. The fourth-order valence-corrected chi connectivity index (χ4v) is 1.43. The molecule has 6 nitrogen and oxygen atoms in total. The van der Waals surface area contributed by atoms with Gasteiger partial charge >= 0.3 is 5.97 Å². The number of hydrogen-bond acceptors (Lipinski definition) is 4. The van der Waals surface area contributed by atoms with Crippen molar-refractivity contribution >= 4 is 11.9 Å². The van der Waals surface area contributed by atoms with Crippen LogP contribution in [0.25, 0.3) is 11.4 Å². The Kier molecular flexibility index (Phi) is 3.01. The number of carbonyl (C=O) groups is 2. The van der Waals surface area contributed by atoms with Gasteiger partial charge in [-0.25, -0.2) is 4.79 Å². The molecule has 0 atom stereocenters. The van der Waals surface area contributed by atoms with Gasteiger partial charge in [0.15, 0.2) is 0 Å². The van der Waals surface area contributed by atoms with Crippen molar-refractivity contribution in [2.75, 3.05) is 0 Å². The Morgan fingerprint density at radius 3 is 2.00 bits per heavy atom. The van der Waals surface area contributed by atoms with Gasteiger partial charge in [-0.05, 0) is 24.3 Å². The van der Waals surface area contributed by atoms with Gasteiger partial charge in [-0.2, -0.15) is 0 Å². The first-order valence-electron chi connectivity index (χ1n) is 5.03. The summed E-state index contributed by atoms with van der Waals surface area (Å²) in [7, 11) is 0. The molecule has 6 heteroatoms. The van der Waals surface area contributed by atoms with Crippen LogP contribution in [0.15, 0.2) is 36.7 Å². The summed E-state index contributed by atoms with van der Waals surface area (Å²) in [5.41, 5.74) is 6.33. The van der Waals surface area contributed by atoms with E-state index < -0.39 is 11.9 Å². The van der Waals surface area contributed by atoms with Crippen LogP contribution in [0.2, 0.25) is 0 Å². The topological polar surface area (TPSA) is 106 Å². The molecule has 2 aromatic rings. The average Bonchev–Trinajstić information content (AvgIpc) is 2.39. The number of amides is 1. The van der Waals surface area contributed by atoms with Gasteiger partial charge in [0.2, 0.25) is 5.91 Å². The second kappa shape index (κ2) is 4.62. The first-order valence-corrected chi connectivity index (χ1v) is 5.03. The van der Waals surface area contributed by atoms with E-state index in [1.54, 1.807) is 0 Å². The van der Waals surface area contributed by atoms with Crippen molar-refractivity contribution in [1.29, 1.82) is 0 Å². The molecule has 18 heavy (non-hydrogen) atoms. The number of rotatable bonds is 3. The van der Waals surface area contributed by atoms with E-state index >= 15 is 0 Å². The molecule has 0 spiro atoms. The Morgan fingerprint density at radius 1 is 1.00 bits per heavy atom. The third-order valence-corrected chi connectivity index (χ3v) is 2.31.